The number of para-hydroxylation sites is 4. The first-order chi connectivity index (χ1) is 27.4. The van der Waals surface area contributed by atoms with Crippen LogP contribution in [-0.4, -0.2) is 27.8 Å². The van der Waals surface area contributed by atoms with Gasteiger partial charge in [0.15, 0.2) is 0 Å². The molecule has 0 saturated carbocycles. The van der Waals surface area contributed by atoms with Gasteiger partial charge in [-0.15, -0.1) is 18.2 Å². The fourth-order valence-corrected chi connectivity index (χ4v) is 9.48. The van der Waals surface area contributed by atoms with Gasteiger partial charge in [0, 0.05) is 36.6 Å². The predicted molar refractivity (Wildman–Crippen MR) is 235 cm³/mol. The average Bonchev–Trinajstić information content (AvgIpc) is 3.83. The van der Waals surface area contributed by atoms with Crippen LogP contribution in [0.15, 0.2) is 187 Å². The minimum Gasteiger partial charge on any atom is -0.501 e. The van der Waals surface area contributed by atoms with E-state index in [1.165, 1.54) is 4.40 Å². The minimum atomic E-state index is -1.72. The minimum absolute atomic E-state index is 0. The smallest absolute Gasteiger partial charge is 0.120 e. The van der Waals surface area contributed by atoms with Crippen molar-refractivity contribution in [2.75, 3.05) is 0 Å². The Balaban J connectivity index is 0.000000226. The van der Waals surface area contributed by atoms with Crippen LogP contribution in [0.25, 0.3) is 83.6 Å². The Hall–Kier alpha value is -5.85. The van der Waals surface area contributed by atoms with E-state index in [9.17, 15) is 0 Å². The van der Waals surface area contributed by atoms with E-state index >= 15 is 0 Å². The molecule has 7 aromatic carbocycles. The molecule has 3 heterocycles. The van der Waals surface area contributed by atoms with Crippen molar-refractivity contribution in [1.29, 1.82) is 0 Å². The number of rotatable bonds is 6. The topological polar surface area (TPSA) is 43.9 Å². The molecule has 0 spiro atoms. The summed E-state index contributed by atoms with van der Waals surface area (Å²) in [4.78, 5) is 9.75. The van der Waals surface area contributed by atoms with Crippen molar-refractivity contribution in [1.82, 2.24) is 14.5 Å². The van der Waals surface area contributed by atoms with Crippen LogP contribution in [0.4, 0.5) is 0 Å². The zero-order valence-electron chi connectivity index (χ0n) is 31.9. The van der Waals surface area contributed by atoms with Gasteiger partial charge in [-0.1, -0.05) is 120 Å². The number of imidazole rings is 1. The first-order valence-corrected chi connectivity index (χ1v) is 26.3. The van der Waals surface area contributed by atoms with Crippen LogP contribution in [-0.2, 0) is 20.1 Å². The monoisotopic (exact) mass is 976 g/mol. The Morgan fingerprint density at radius 1 is 0.579 bits per heavy atom. The van der Waals surface area contributed by atoms with Crippen molar-refractivity contribution in [2.45, 2.75) is 17.3 Å². The predicted octanol–water partition coefficient (Wildman–Crippen LogP) is 12.8. The molecule has 10 aromatic rings. The molecule has 0 atom stereocenters. The molecular formula is C51H39GeIrN3O-2. The molecule has 1 radical (unpaired) electrons. The van der Waals surface area contributed by atoms with Gasteiger partial charge in [0.05, 0.1) is 28.1 Å². The second kappa shape index (κ2) is 16.3. The van der Waals surface area contributed by atoms with E-state index in [1.807, 2.05) is 60.8 Å². The molecule has 279 valence electrons. The fourth-order valence-electron chi connectivity index (χ4n) is 7.31. The molecule has 0 aliphatic carbocycles. The molecule has 6 heteroatoms. The van der Waals surface area contributed by atoms with Gasteiger partial charge >= 0.3 is 99.8 Å². The maximum atomic E-state index is 6.47. The first-order valence-electron chi connectivity index (χ1n) is 18.9. The van der Waals surface area contributed by atoms with Crippen LogP contribution in [0, 0.1) is 12.1 Å². The summed E-state index contributed by atoms with van der Waals surface area (Å²) in [5, 5.41) is 2.15. The summed E-state index contributed by atoms with van der Waals surface area (Å²) in [6.07, 6.45) is 2.04. The molecule has 3 aromatic heterocycles. The zero-order chi connectivity index (χ0) is 38.1. The molecule has 0 unspecified atom stereocenters. The molecule has 0 aliphatic heterocycles. The number of hydrogen-bond donors (Lipinski definition) is 0. The number of pyridine rings is 1. The van der Waals surface area contributed by atoms with Gasteiger partial charge in [0.1, 0.15) is 5.58 Å². The van der Waals surface area contributed by atoms with E-state index in [1.54, 1.807) is 0 Å². The maximum absolute atomic E-state index is 6.47. The molecular weight excluding hydrogens is 935 g/mol. The molecule has 57 heavy (non-hydrogen) atoms. The van der Waals surface area contributed by atoms with E-state index in [2.05, 4.69) is 160 Å². The van der Waals surface area contributed by atoms with Gasteiger partial charge < -0.3 is 8.98 Å². The molecule has 0 N–H and O–H groups in total. The summed E-state index contributed by atoms with van der Waals surface area (Å²) in [7, 11) is 0. The Kier molecular flexibility index (Phi) is 10.9. The molecule has 0 bridgehead atoms. The van der Waals surface area contributed by atoms with E-state index in [-0.39, 0.29) is 20.1 Å². The van der Waals surface area contributed by atoms with Gasteiger partial charge in [-0.3, -0.25) is 4.98 Å². The SMILES string of the molecule is [CH3][Ge]([CH3])([CH3])[c]1ccc(-c2[c-]cccc2)nc1.[Ir].[c-]1ccc2c(oc3ccccc32)c1-c1nc2ccccc2n1-c1c(-c2ccccc2)cccc1-c1ccccc1. The molecule has 4 nitrogen and oxygen atoms in total. The van der Waals surface area contributed by atoms with Crippen molar-refractivity contribution in [3.05, 3.63) is 194 Å². The summed E-state index contributed by atoms with van der Waals surface area (Å²) < 4.78 is 10.2. The molecule has 0 fully saturated rings. The maximum Gasteiger partial charge on any atom is 0.120 e. The molecule has 10 rings (SSSR count). The Morgan fingerprint density at radius 3 is 1.91 bits per heavy atom. The number of hydrogen-bond acceptors (Lipinski definition) is 3. The van der Waals surface area contributed by atoms with Crippen molar-refractivity contribution in [3.8, 4) is 50.6 Å². The van der Waals surface area contributed by atoms with E-state index < -0.39 is 13.3 Å². The first kappa shape index (κ1) is 38.0. The number of benzene rings is 7. The van der Waals surface area contributed by atoms with Gasteiger partial charge in [0.25, 0.3) is 0 Å². The third-order valence-corrected chi connectivity index (χ3v) is 14.4. The summed E-state index contributed by atoms with van der Waals surface area (Å²) >= 11 is -1.72. The standard InChI is InChI=1S/C37H23N2O.C14H16GeN.Ir/c1-3-13-25(14-4-1)27-18-11-19-28(26-15-5-2-6-16-26)35(27)39-33-23-9-8-22-32(33)38-37(39)31-21-12-20-30-29-17-7-10-24-34(29)40-36(30)31;1-15(2,3)13-9-10-14(16-11-13)12-7-5-4-6-8-12;/h1-20,22-24H;4-7,9-11H,1-3H3;/q2*-1;. The number of fused-ring (bicyclic) bond motifs is 4. The van der Waals surface area contributed by atoms with Crippen LogP contribution in [0.5, 0.6) is 0 Å². The molecule has 0 amide bonds. The third-order valence-electron chi connectivity index (χ3n) is 10.2. The molecule has 0 saturated heterocycles. The fraction of sp³-hybridized carbons (Fsp3) is 0.0588. The summed E-state index contributed by atoms with van der Waals surface area (Å²) in [5.74, 6) is 7.94. The van der Waals surface area contributed by atoms with E-state index in [4.69, 9.17) is 9.40 Å². The Bertz CT molecular complexity index is 2880. The summed E-state index contributed by atoms with van der Waals surface area (Å²) in [6.45, 7) is 0. The Labute approximate surface area is 349 Å². The van der Waals surface area contributed by atoms with Gasteiger partial charge in [-0.25, -0.2) is 0 Å². The van der Waals surface area contributed by atoms with Crippen LogP contribution < -0.4 is 4.40 Å². The third kappa shape index (κ3) is 7.54. The van der Waals surface area contributed by atoms with Gasteiger partial charge in [-0.2, -0.15) is 0 Å². The zero-order valence-corrected chi connectivity index (χ0v) is 36.4. The van der Waals surface area contributed by atoms with E-state index in [0.717, 1.165) is 83.6 Å². The second-order valence-corrected chi connectivity index (χ2v) is 25.5. The number of nitrogens with zero attached hydrogens (tertiary/aromatic N) is 3. The van der Waals surface area contributed by atoms with Crippen LogP contribution >= 0.6 is 0 Å². The van der Waals surface area contributed by atoms with Crippen LogP contribution in [0.2, 0.25) is 17.3 Å². The second-order valence-electron chi connectivity index (χ2n) is 14.8. The van der Waals surface area contributed by atoms with Crippen molar-refractivity contribution in [3.63, 3.8) is 0 Å². The van der Waals surface area contributed by atoms with E-state index in [0.29, 0.717) is 0 Å². The summed E-state index contributed by atoms with van der Waals surface area (Å²) in [5.41, 5.74) is 12.1. The Morgan fingerprint density at radius 2 is 1.25 bits per heavy atom. The largest absolute Gasteiger partial charge is 0.501 e. The number of furan rings is 1. The van der Waals surface area contributed by atoms with Crippen LogP contribution in [0.1, 0.15) is 0 Å². The van der Waals surface area contributed by atoms with Gasteiger partial charge in [-0.05, 0) is 29.3 Å². The summed E-state index contributed by atoms with van der Waals surface area (Å²) in [6, 6.07) is 67.2. The van der Waals surface area contributed by atoms with Crippen LogP contribution in [0.3, 0.4) is 0 Å². The van der Waals surface area contributed by atoms with Crippen molar-refractivity contribution < 1.29 is 24.5 Å². The van der Waals surface area contributed by atoms with Gasteiger partial charge in [0.2, 0.25) is 0 Å². The number of aromatic nitrogens is 3. The quantitative estimate of drug-likeness (QED) is 0.123. The normalized spacial score (nSPS) is 11.3. The van der Waals surface area contributed by atoms with Crippen molar-refractivity contribution >= 4 is 50.6 Å². The molecule has 0 aliphatic rings. The van der Waals surface area contributed by atoms with Crippen molar-refractivity contribution in [2.24, 2.45) is 0 Å². The average molecular weight is 975 g/mol.